The summed E-state index contributed by atoms with van der Waals surface area (Å²) in [5.74, 6) is -4.00. The molecule has 6 nitrogen and oxygen atoms in total. The standard InChI is InChI=1S/C16H17F2N5O/c1-22(2)9-11-4-6-12(7-5-11)14-20-15(24-21-14)16(17,18)13-8-19-23(3)10-13/h4-8,10H,9H2,1-3H3. The molecule has 0 N–H and O–H groups in total. The Balaban J connectivity index is 1.85. The summed E-state index contributed by atoms with van der Waals surface area (Å²) in [5.41, 5.74) is 1.43. The molecule has 3 aromatic rings. The van der Waals surface area contributed by atoms with Crippen LogP contribution >= 0.6 is 0 Å². The van der Waals surface area contributed by atoms with Gasteiger partial charge in [-0.3, -0.25) is 4.68 Å². The SMILES string of the molecule is CN(C)Cc1ccc(-c2noc(C(F)(F)c3cnn(C)c3)n2)cc1. The molecule has 0 aliphatic carbocycles. The fourth-order valence-corrected chi connectivity index (χ4v) is 2.30. The molecule has 24 heavy (non-hydrogen) atoms. The molecule has 8 heteroatoms. The fraction of sp³-hybridized carbons (Fsp3) is 0.312. The Labute approximate surface area is 137 Å². The second-order valence-electron chi connectivity index (χ2n) is 5.83. The van der Waals surface area contributed by atoms with Gasteiger partial charge < -0.3 is 9.42 Å². The Morgan fingerprint density at radius 2 is 1.92 bits per heavy atom. The summed E-state index contributed by atoms with van der Waals surface area (Å²) in [5, 5.41) is 7.42. The molecule has 0 bridgehead atoms. The topological polar surface area (TPSA) is 60.0 Å². The molecule has 3 rings (SSSR count). The molecule has 0 aliphatic heterocycles. The molecule has 0 unspecified atom stereocenters. The molecular weight excluding hydrogens is 316 g/mol. The van der Waals surface area contributed by atoms with E-state index in [0.29, 0.717) is 5.56 Å². The molecule has 0 saturated carbocycles. The molecular formula is C16H17F2N5O. The Morgan fingerprint density at radius 3 is 2.50 bits per heavy atom. The second kappa shape index (κ2) is 6.12. The molecule has 126 valence electrons. The van der Waals surface area contributed by atoms with Crippen LogP contribution in [0.25, 0.3) is 11.4 Å². The minimum atomic E-state index is -3.38. The number of nitrogens with zero attached hydrogens (tertiary/aromatic N) is 5. The highest BCUT2D eigenvalue weighted by atomic mass is 19.3. The Kier molecular flexibility index (Phi) is 4.15. The van der Waals surface area contributed by atoms with Gasteiger partial charge in [0, 0.05) is 25.4 Å². The van der Waals surface area contributed by atoms with Crippen molar-refractivity contribution in [3.05, 3.63) is 53.7 Å². The first-order valence-corrected chi connectivity index (χ1v) is 7.31. The van der Waals surface area contributed by atoms with E-state index >= 15 is 0 Å². The summed E-state index contributed by atoms with van der Waals surface area (Å²) in [6.45, 7) is 0.789. The first-order chi connectivity index (χ1) is 11.4. The molecule has 2 aromatic heterocycles. The summed E-state index contributed by atoms with van der Waals surface area (Å²) in [6, 6.07) is 7.39. The monoisotopic (exact) mass is 333 g/mol. The van der Waals surface area contributed by atoms with Crippen molar-refractivity contribution < 1.29 is 13.3 Å². The van der Waals surface area contributed by atoms with Crippen LogP contribution in [0.1, 0.15) is 17.0 Å². The van der Waals surface area contributed by atoms with Gasteiger partial charge in [0.05, 0.1) is 11.8 Å². The van der Waals surface area contributed by atoms with Gasteiger partial charge in [0.2, 0.25) is 5.82 Å². The Bertz CT molecular complexity index is 823. The van der Waals surface area contributed by atoms with Crippen LogP contribution < -0.4 is 0 Å². The van der Waals surface area contributed by atoms with Crippen molar-refractivity contribution in [1.29, 1.82) is 0 Å². The number of hydrogen-bond donors (Lipinski definition) is 0. The lowest BCUT2D eigenvalue weighted by atomic mass is 10.1. The number of hydrogen-bond acceptors (Lipinski definition) is 5. The maximum Gasteiger partial charge on any atom is 0.353 e. The summed E-state index contributed by atoms with van der Waals surface area (Å²) >= 11 is 0. The van der Waals surface area contributed by atoms with E-state index in [0.717, 1.165) is 18.3 Å². The van der Waals surface area contributed by atoms with Gasteiger partial charge in [0.15, 0.2) is 0 Å². The second-order valence-corrected chi connectivity index (χ2v) is 5.83. The zero-order valence-corrected chi connectivity index (χ0v) is 13.6. The van der Waals surface area contributed by atoms with Gasteiger partial charge in [-0.2, -0.15) is 18.9 Å². The van der Waals surface area contributed by atoms with Gasteiger partial charge in [-0.1, -0.05) is 29.4 Å². The van der Waals surface area contributed by atoms with Crippen molar-refractivity contribution in [1.82, 2.24) is 24.8 Å². The first kappa shape index (κ1) is 16.3. The third-order valence-electron chi connectivity index (χ3n) is 3.47. The lowest BCUT2D eigenvalue weighted by molar-refractivity contribution is 0.00755. The van der Waals surface area contributed by atoms with E-state index in [4.69, 9.17) is 4.52 Å². The van der Waals surface area contributed by atoms with Crippen molar-refractivity contribution in [2.75, 3.05) is 14.1 Å². The number of alkyl halides is 2. The molecule has 2 heterocycles. The smallest absolute Gasteiger partial charge is 0.332 e. The van der Waals surface area contributed by atoms with Crippen LogP contribution in [0.15, 0.2) is 41.2 Å². The molecule has 0 aliphatic rings. The van der Waals surface area contributed by atoms with E-state index in [-0.39, 0.29) is 11.4 Å². The lowest BCUT2D eigenvalue weighted by Crippen LogP contribution is -2.15. The number of rotatable bonds is 5. The van der Waals surface area contributed by atoms with Gasteiger partial charge in [-0.15, -0.1) is 0 Å². The predicted octanol–water partition coefficient (Wildman–Crippen LogP) is 2.67. The number of aromatic nitrogens is 4. The summed E-state index contributed by atoms with van der Waals surface area (Å²) < 4.78 is 34.8. The average molecular weight is 333 g/mol. The maximum absolute atomic E-state index is 14.4. The van der Waals surface area contributed by atoms with E-state index in [1.807, 2.05) is 31.1 Å². The summed E-state index contributed by atoms with van der Waals surface area (Å²) in [7, 11) is 5.51. The summed E-state index contributed by atoms with van der Waals surface area (Å²) in [4.78, 5) is 5.89. The highest BCUT2D eigenvalue weighted by Gasteiger charge is 2.42. The van der Waals surface area contributed by atoms with Gasteiger partial charge in [0.25, 0.3) is 0 Å². The van der Waals surface area contributed by atoms with Crippen LogP contribution in [-0.4, -0.2) is 38.9 Å². The number of benzene rings is 1. The maximum atomic E-state index is 14.4. The van der Waals surface area contributed by atoms with Gasteiger partial charge in [-0.25, -0.2) is 0 Å². The molecule has 0 spiro atoms. The van der Waals surface area contributed by atoms with Gasteiger partial charge in [-0.05, 0) is 19.7 Å². The van der Waals surface area contributed by atoms with Gasteiger partial charge in [0.1, 0.15) is 0 Å². The molecule has 0 amide bonds. The van der Waals surface area contributed by atoms with Crippen molar-refractivity contribution in [3.63, 3.8) is 0 Å². The van der Waals surface area contributed by atoms with Crippen molar-refractivity contribution in [2.24, 2.45) is 7.05 Å². The Morgan fingerprint density at radius 1 is 1.21 bits per heavy atom. The minimum Gasteiger partial charge on any atom is -0.332 e. The molecule has 0 fully saturated rings. The largest absolute Gasteiger partial charge is 0.353 e. The van der Waals surface area contributed by atoms with Crippen LogP contribution in [0.2, 0.25) is 0 Å². The molecule has 0 atom stereocenters. The highest BCUT2D eigenvalue weighted by Crippen LogP contribution is 2.35. The normalized spacial score (nSPS) is 12.1. The first-order valence-electron chi connectivity index (χ1n) is 7.31. The fourth-order valence-electron chi connectivity index (χ4n) is 2.30. The number of aryl methyl sites for hydroxylation is 1. The third kappa shape index (κ3) is 3.18. The highest BCUT2D eigenvalue weighted by molar-refractivity contribution is 5.54. The molecule has 0 saturated heterocycles. The minimum absolute atomic E-state index is 0.130. The van der Waals surface area contributed by atoms with E-state index in [2.05, 4.69) is 15.2 Å². The van der Waals surface area contributed by atoms with Gasteiger partial charge >= 0.3 is 11.8 Å². The predicted molar refractivity (Wildman–Crippen MR) is 83.3 cm³/mol. The van der Waals surface area contributed by atoms with Crippen LogP contribution in [-0.2, 0) is 19.5 Å². The van der Waals surface area contributed by atoms with Crippen LogP contribution in [0.3, 0.4) is 0 Å². The van der Waals surface area contributed by atoms with Crippen LogP contribution in [0.4, 0.5) is 8.78 Å². The number of halogens is 2. The quantitative estimate of drug-likeness (QED) is 0.718. The zero-order valence-electron chi connectivity index (χ0n) is 13.6. The van der Waals surface area contributed by atoms with Crippen molar-refractivity contribution in [3.8, 4) is 11.4 Å². The summed E-state index contributed by atoms with van der Waals surface area (Å²) in [6.07, 6.45) is 2.31. The van der Waals surface area contributed by atoms with E-state index in [9.17, 15) is 8.78 Å². The lowest BCUT2D eigenvalue weighted by Gasteiger charge is -2.09. The van der Waals surface area contributed by atoms with E-state index in [1.165, 1.54) is 10.9 Å². The molecule has 1 aromatic carbocycles. The van der Waals surface area contributed by atoms with E-state index in [1.54, 1.807) is 19.2 Å². The van der Waals surface area contributed by atoms with Crippen LogP contribution in [0.5, 0.6) is 0 Å². The van der Waals surface area contributed by atoms with Crippen LogP contribution in [0, 0.1) is 0 Å². The van der Waals surface area contributed by atoms with E-state index < -0.39 is 11.8 Å². The van der Waals surface area contributed by atoms with Crippen molar-refractivity contribution >= 4 is 0 Å². The Hall–Kier alpha value is -2.61. The molecule has 0 radical (unpaired) electrons. The van der Waals surface area contributed by atoms with Crippen molar-refractivity contribution in [2.45, 2.75) is 12.5 Å². The zero-order chi connectivity index (χ0) is 17.3. The average Bonchev–Trinajstić information content (AvgIpc) is 3.17. The third-order valence-corrected chi connectivity index (χ3v) is 3.47.